The summed E-state index contributed by atoms with van der Waals surface area (Å²) >= 11 is 0. The normalized spacial score (nSPS) is 14.0. The first-order chi connectivity index (χ1) is 14.9. The molecule has 0 fully saturated rings. The lowest BCUT2D eigenvalue weighted by atomic mass is 9.80. The van der Waals surface area contributed by atoms with Crippen molar-refractivity contribution in [1.82, 2.24) is 29.8 Å². The van der Waals surface area contributed by atoms with E-state index in [-0.39, 0.29) is 12.1 Å². The molecule has 10 heteroatoms. The van der Waals surface area contributed by atoms with Crippen molar-refractivity contribution in [3.8, 4) is 11.8 Å². The molecule has 0 saturated carbocycles. The van der Waals surface area contributed by atoms with E-state index in [2.05, 4.69) is 20.4 Å². The van der Waals surface area contributed by atoms with E-state index in [4.69, 9.17) is 5.26 Å². The van der Waals surface area contributed by atoms with E-state index < -0.39 is 23.2 Å². The third-order valence-corrected chi connectivity index (χ3v) is 5.20. The highest BCUT2D eigenvalue weighted by molar-refractivity contribution is 5.39. The fourth-order valence-corrected chi connectivity index (χ4v) is 3.39. The second-order valence-electron chi connectivity index (χ2n) is 7.11. The lowest BCUT2D eigenvalue weighted by Crippen LogP contribution is -2.38. The van der Waals surface area contributed by atoms with Gasteiger partial charge in [-0.3, -0.25) is 0 Å². The van der Waals surface area contributed by atoms with Crippen LogP contribution in [0.2, 0.25) is 0 Å². The molecule has 2 heterocycles. The van der Waals surface area contributed by atoms with Crippen molar-refractivity contribution in [3.05, 3.63) is 89.8 Å². The summed E-state index contributed by atoms with van der Waals surface area (Å²) in [4.78, 5) is 3.86. The van der Waals surface area contributed by atoms with Gasteiger partial charge in [-0.25, -0.2) is 23.1 Å². The second-order valence-corrected chi connectivity index (χ2v) is 7.11. The molecule has 0 bridgehead atoms. The standard InChI is InChI=1S/C21H17F2N7O/c1-14(20-10-30(28-27-20)17-5-2-15(9-24)3-6-17)21(31,11-29-13-25-12-26-29)18-7-4-16(22)8-19(18)23/h2-8,10,12-14,31H,11H2,1H3. The second kappa shape index (κ2) is 8.04. The van der Waals surface area contributed by atoms with Crippen LogP contribution < -0.4 is 0 Å². The topological polar surface area (TPSA) is 105 Å². The van der Waals surface area contributed by atoms with Gasteiger partial charge < -0.3 is 5.11 Å². The number of benzene rings is 2. The molecule has 31 heavy (non-hydrogen) atoms. The Morgan fingerprint density at radius 3 is 2.61 bits per heavy atom. The number of nitrogens with zero attached hydrogens (tertiary/aromatic N) is 7. The maximum absolute atomic E-state index is 14.7. The molecule has 2 atom stereocenters. The lowest BCUT2D eigenvalue weighted by Gasteiger charge is -2.33. The fourth-order valence-electron chi connectivity index (χ4n) is 3.39. The first-order valence-corrected chi connectivity index (χ1v) is 9.34. The molecule has 2 unspecified atom stereocenters. The van der Waals surface area contributed by atoms with Gasteiger partial charge in [-0.05, 0) is 30.3 Å². The quantitative estimate of drug-likeness (QED) is 0.513. The number of rotatable bonds is 6. The molecule has 156 valence electrons. The number of aliphatic hydroxyl groups is 1. The van der Waals surface area contributed by atoms with Crippen LogP contribution >= 0.6 is 0 Å². The highest BCUT2D eigenvalue weighted by Gasteiger charge is 2.41. The fraction of sp³-hybridized carbons (Fsp3) is 0.190. The number of hydrogen-bond acceptors (Lipinski definition) is 6. The monoisotopic (exact) mass is 421 g/mol. The summed E-state index contributed by atoms with van der Waals surface area (Å²) in [6.45, 7) is 1.54. The Morgan fingerprint density at radius 2 is 1.97 bits per heavy atom. The van der Waals surface area contributed by atoms with E-state index in [1.54, 1.807) is 37.4 Å². The van der Waals surface area contributed by atoms with Crippen molar-refractivity contribution >= 4 is 0 Å². The smallest absolute Gasteiger partial charge is 0.137 e. The first kappa shape index (κ1) is 20.3. The minimum absolute atomic E-state index is 0.0928. The number of aromatic nitrogens is 6. The van der Waals surface area contributed by atoms with E-state index in [1.165, 1.54) is 28.1 Å². The van der Waals surface area contributed by atoms with Gasteiger partial charge in [-0.2, -0.15) is 10.4 Å². The van der Waals surface area contributed by atoms with E-state index in [9.17, 15) is 13.9 Å². The van der Waals surface area contributed by atoms with Crippen molar-refractivity contribution in [1.29, 1.82) is 5.26 Å². The molecule has 4 aromatic rings. The maximum Gasteiger partial charge on any atom is 0.137 e. The molecule has 0 radical (unpaired) electrons. The number of nitriles is 1. The summed E-state index contributed by atoms with van der Waals surface area (Å²) in [6.07, 6.45) is 4.31. The summed E-state index contributed by atoms with van der Waals surface area (Å²) in [6, 6.07) is 11.8. The van der Waals surface area contributed by atoms with E-state index in [0.717, 1.165) is 12.1 Å². The van der Waals surface area contributed by atoms with Gasteiger partial charge in [0, 0.05) is 17.5 Å². The lowest BCUT2D eigenvalue weighted by molar-refractivity contribution is -0.0123. The number of halogens is 2. The summed E-state index contributed by atoms with van der Waals surface area (Å²) in [7, 11) is 0. The Morgan fingerprint density at radius 1 is 1.19 bits per heavy atom. The first-order valence-electron chi connectivity index (χ1n) is 9.34. The third kappa shape index (κ3) is 3.91. The van der Waals surface area contributed by atoms with Crippen LogP contribution in [0.25, 0.3) is 5.69 Å². The van der Waals surface area contributed by atoms with Crippen molar-refractivity contribution < 1.29 is 13.9 Å². The van der Waals surface area contributed by atoms with E-state index >= 15 is 0 Å². The summed E-state index contributed by atoms with van der Waals surface area (Å²) < 4.78 is 31.0. The molecular formula is C21H17F2N7O. The molecule has 8 nitrogen and oxygen atoms in total. The van der Waals surface area contributed by atoms with Crippen LogP contribution in [0.15, 0.2) is 61.3 Å². The summed E-state index contributed by atoms with van der Waals surface area (Å²) in [5.74, 6) is -2.37. The Bertz CT molecular complexity index is 1230. The minimum atomic E-state index is -1.82. The van der Waals surface area contributed by atoms with Gasteiger partial charge in [-0.15, -0.1) is 5.10 Å². The van der Waals surface area contributed by atoms with Crippen LogP contribution in [-0.4, -0.2) is 34.9 Å². The Kier molecular flexibility index (Phi) is 5.27. The highest BCUT2D eigenvalue weighted by atomic mass is 19.1. The van der Waals surface area contributed by atoms with Crippen molar-refractivity contribution in [3.63, 3.8) is 0 Å². The van der Waals surface area contributed by atoms with Crippen molar-refractivity contribution in [2.75, 3.05) is 0 Å². The maximum atomic E-state index is 14.7. The molecule has 0 aliphatic rings. The Labute approximate surface area is 176 Å². The van der Waals surface area contributed by atoms with Gasteiger partial charge in [0.2, 0.25) is 0 Å². The average Bonchev–Trinajstić information content (AvgIpc) is 3.45. The van der Waals surface area contributed by atoms with Crippen LogP contribution in [0, 0.1) is 23.0 Å². The van der Waals surface area contributed by atoms with Gasteiger partial charge in [-0.1, -0.05) is 18.2 Å². The van der Waals surface area contributed by atoms with Gasteiger partial charge in [0.25, 0.3) is 0 Å². The van der Waals surface area contributed by atoms with Gasteiger partial charge in [0.15, 0.2) is 0 Å². The molecule has 0 saturated heterocycles. The van der Waals surface area contributed by atoms with Crippen LogP contribution in [0.4, 0.5) is 8.78 Å². The van der Waals surface area contributed by atoms with Crippen LogP contribution in [-0.2, 0) is 12.1 Å². The summed E-state index contributed by atoms with van der Waals surface area (Å²) in [5, 5.41) is 32.8. The average molecular weight is 421 g/mol. The zero-order valence-electron chi connectivity index (χ0n) is 16.4. The number of hydrogen-bond donors (Lipinski definition) is 1. The predicted molar refractivity (Wildman–Crippen MR) is 105 cm³/mol. The molecule has 0 aliphatic heterocycles. The summed E-state index contributed by atoms with van der Waals surface area (Å²) in [5.41, 5.74) is -0.360. The predicted octanol–water partition coefficient (Wildman–Crippen LogP) is 2.70. The molecule has 0 spiro atoms. The highest BCUT2D eigenvalue weighted by Crippen LogP contribution is 2.39. The minimum Gasteiger partial charge on any atom is -0.382 e. The molecule has 4 rings (SSSR count). The van der Waals surface area contributed by atoms with Gasteiger partial charge in [0.1, 0.15) is 29.9 Å². The van der Waals surface area contributed by atoms with Crippen LogP contribution in [0.3, 0.4) is 0 Å². The molecule has 1 N–H and O–H groups in total. The molecule has 2 aromatic carbocycles. The van der Waals surface area contributed by atoms with Crippen LogP contribution in [0.5, 0.6) is 0 Å². The Hall–Kier alpha value is -3.97. The molecule has 0 amide bonds. The van der Waals surface area contributed by atoms with Gasteiger partial charge in [0.05, 0.1) is 35.8 Å². The zero-order valence-corrected chi connectivity index (χ0v) is 16.4. The van der Waals surface area contributed by atoms with Crippen molar-refractivity contribution in [2.24, 2.45) is 0 Å². The van der Waals surface area contributed by atoms with E-state index in [1.807, 2.05) is 6.07 Å². The third-order valence-electron chi connectivity index (χ3n) is 5.20. The Balaban J connectivity index is 1.73. The van der Waals surface area contributed by atoms with Crippen LogP contribution in [0.1, 0.15) is 29.7 Å². The molecule has 0 aliphatic carbocycles. The largest absolute Gasteiger partial charge is 0.382 e. The molecular weight excluding hydrogens is 404 g/mol. The van der Waals surface area contributed by atoms with E-state index in [0.29, 0.717) is 16.9 Å². The zero-order chi connectivity index (χ0) is 22.0. The SMILES string of the molecule is CC(c1cn(-c2ccc(C#N)cc2)nn1)C(O)(Cn1cncn1)c1ccc(F)cc1F. The van der Waals surface area contributed by atoms with Gasteiger partial charge >= 0.3 is 0 Å². The molecule has 2 aromatic heterocycles. The van der Waals surface area contributed by atoms with Crippen molar-refractivity contribution in [2.45, 2.75) is 25.0 Å².